The normalized spacial score (nSPS) is 20.5. The first-order valence-corrected chi connectivity index (χ1v) is 12.5. The topological polar surface area (TPSA) is 121 Å². The van der Waals surface area contributed by atoms with Crippen molar-refractivity contribution in [2.24, 2.45) is 5.92 Å². The number of likely N-dealkylation sites (tertiary alicyclic amines) is 1. The molecule has 3 aliphatic rings. The van der Waals surface area contributed by atoms with Gasteiger partial charge in [-0.3, -0.25) is 19.5 Å². The Morgan fingerprint density at radius 1 is 1.33 bits per heavy atom. The van der Waals surface area contributed by atoms with Crippen LogP contribution in [0.4, 0.5) is 4.79 Å². The Hall–Kier alpha value is -2.83. The van der Waals surface area contributed by atoms with Gasteiger partial charge < -0.3 is 9.64 Å². The van der Waals surface area contributed by atoms with Crippen LogP contribution in [0.5, 0.6) is 0 Å². The highest BCUT2D eigenvalue weighted by atomic mass is 32.2. The second kappa shape index (κ2) is 8.84. The van der Waals surface area contributed by atoms with Crippen LogP contribution in [0, 0.1) is 29.6 Å². The van der Waals surface area contributed by atoms with Gasteiger partial charge in [0.1, 0.15) is 0 Å². The lowest BCUT2D eigenvalue weighted by Crippen LogP contribution is -2.58. The summed E-state index contributed by atoms with van der Waals surface area (Å²) in [5, 5.41) is 8.92. The second-order valence-corrected chi connectivity index (χ2v) is 11.3. The van der Waals surface area contributed by atoms with Crippen molar-refractivity contribution >= 4 is 21.8 Å². The summed E-state index contributed by atoms with van der Waals surface area (Å²) < 4.78 is 29.0. The van der Waals surface area contributed by atoms with Crippen LogP contribution >= 0.6 is 0 Å². The molecule has 1 aromatic rings. The number of sulfone groups is 1. The minimum Gasteiger partial charge on any atom is -0.378 e. The molecule has 1 atom stereocenters. The van der Waals surface area contributed by atoms with E-state index in [9.17, 15) is 18.0 Å². The van der Waals surface area contributed by atoms with Crippen LogP contribution < -0.4 is 5.48 Å². The van der Waals surface area contributed by atoms with E-state index in [1.54, 1.807) is 12.3 Å². The number of hydroxylamine groups is 1. The lowest BCUT2D eigenvalue weighted by molar-refractivity contribution is -0.131. The second-order valence-electron chi connectivity index (χ2n) is 8.85. The van der Waals surface area contributed by atoms with E-state index in [4.69, 9.17) is 9.94 Å². The van der Waals surface area contributed by atoms with Gasteiger partial charge in [-0.1, -0.05) is 11.8 Å². The Morgan fingerprint density at radius 2 is 2.06 bits per heavy atom. The van der Waals surface area contributed by atoms with Gasteiger partial charge in [-0.05, 0) is 31.3 Å². The quantitative estimate of drug-likeness (QED) is 0.329. The lowest BCUT2D eigenvalue weighted by Gasteiger charge is -2.45. The molecule has 2 amide bonds. The Labute approximate surface area is 192 Å². The average Bonchev–Trinajstić information content (AvgIpc) is 3.22. The number of fused-ring (bicyclic) bond motifs is 1. The summed E-state index contributed by atoms with van der Waals surface area (Å²) in [6.07, 6.45) is 2.41. The van der Waals surface area contributed by atoms with Crippen molar-refractivity contribution in [3.8, 4) is 23.7 Å². The zero-order chi connectivity index (χ0) is 23.8. The summed E-state index contributed by atoms with van der Waals surface area (Å²) in [6, 6.07) is 2.02. The molecule has 0 aromatic carbocycles. The van der Waals surface area contributed by atoms with E-state index in [1.165, 1.54) is 21.9 Å². The van der Waals surface area contributed by atoms with Crippen molar-refractivity contribution in [3.63, 3.8) is 0 Å². The number of aromatic nitrogens is 1. The van der Waals surface area contributed by atoms with Crippen molar-refractivity contribution in [2.75, 3.05) is 39.1 Å². The van der Waals surface area contributed by atoms with Gasteiger partial charge in [0.15, 0.2) is 14.6 Å². The summed E-state index contributed by atoms with van der Waals surface area (Å²) in [6.45, 7) is 5.06. The van der Waals surface area contributed by atoms with Crippen LogP contribution in [-0.4, -0.2) is 89.8 Å². The molecule has 0 radical (unpaired) electrons. The highest BCUT2D eigenvalue weighted by molar-refractivity contribution is 7.92. The molecule has 1 unspecified atom stereocenters. The molecular weight excluding hydrogens is 448 g/mol. The number of carbonyl (C=O) groups excluding carboxylic acids is 2. The molecule has 4 heterocycles. The highest BCUT2D eigenvalue weighted by Gasteiger charge is 2.44. The Balaban J connectivity index is 1.32. The van der Waals surface area contributed by atoms with Crippen LogP contribution in [0.1, 0.15) is 24.6 Å². The van der Waals surface area contributed by atoms with Gasteiger partial charge in [0.2, 0.25) is 0 Å². The van der Waals surface area contributed by atoms with Crippen LogP contribution in [0.15, 0.2) is 12.3 Å². The van der Waals surface area contributed by atoms with Gasteiger partial charge in [-0.25, -0.2) is 18.7 Å². The summed E-state index contributed by atoms with van der Waals surface area (Å²) in [4.78, 5) is 28.5. The fourth-order valence-electron chi connectivity index (χ4n) is 3.98. The number of ether oxygens (including phenoxy) is 1. The molecule has 33 heavy (non-hydrogen) atoms. The molecule has 3 aliphatic heterocycles. The largest absolute Gasteiger partial charge is 0.378 e. The van der Waals surface area contributed by atoms with E-state index in [-0.39, 0.29) is 25.5 Å². The maximum absolute atomic E-state index is 12.7. The first-order valence-electron chi connectivity index (χ1n) is 10.6. The molecule has 176 valence electrons. The van der Waals surface area contributed by atoms with Gasteiger partial charge in [-0.2, -0.15) is 0 Å². The first-order chi connectivity index (χ1) is 15.6. The number of hydrogen-bond donors (Lipinski definition) is 2. The molecule has 0 spiro atoms. The van der Waals surface area contributed by atoms with Crippen molar-refractivity contribution in [3.05, 3.63) is 23.5 Å². The molecule has 2 saturated heterocycles. The summed E-state index contributed by atoms with van der Waals surface area (Å²) in [5.74, 6) is 11.2. The monoisotopic (exact) mass is 474 g/mol. The van der Waals surface area contributed by atoms with E-state index < -0.39 is 20.5 Å². The van der Waals surface area contributed by atoms with Crippen LogP contribution in [0.2, 0.25) is 0 Å². The minimum absolute atomic E-state index is 0.0371. The Kier molecular flexibility index (Phi) is 6.25. The smallest absolute Gasteiger partial charge is 0.328 e. The number of nitrogens with zero attached hydrogens (tertiary/aromatic N) is 3. The van der Waals surface area contributed by atoms with E-state index in [0.29, 0.717) is 17.5 Å². The third-order valence-corrected chi connectivity index (χ3v) is 8.61. The van der Waals surface area contributed by atoms with E-state index >= 15 is 0 Å². The zero-order valence-electron chi connectivity index (χ0n) is 18.5. The van der Waals surface area contributed by atoms with Gasteiger partial charge in [0, 0.05) is 49.3 Å². The summed E-state index contributed by atoms with van der Waals surface area (Å²) >= 11 is 0. The first kappa shape index (κ1) is 23.3. The molecule has 0 saturated carbocycles. The molecular formula is C22H26N4O6S. The molecule has 1 aromatic heterocycles. The van der Waals surface area contributed by atoms with Crippen LogP contribution in [-0.2, 0) is 25.9 Å². The average molecular weight is 475 g/mol. The van der Waals surface area contributed by atoms with Gasteiger partial charge >= 0.3 is 6.03 Å². The summed E-state index contributed by atoms with van der Waals surface area (Å²) in [5.41, 5.74) is 2.81. The Bertz CT molecular complexity index is 1190. The number of amides is 2. The number of carbonyl (C=O) groups is 2. The van der Waals surface area contributed by atoms with Crippen molar-refractivity contribution in [1.29, 1.82) is 0 Å². The third-order valence-electron chi connectivity index (χ3n) is 6.58. The Morgan fingerprint density at radius 3 is 2.64 bits per heavy atom. The van der Waals surface area contributed by atoms with Gasteiger partial charge in [0.25, 0.3) is 5.91 Å². The van der Waals surface area contributed by atoms with Crippen molar-refractivity contribution in [1.82, 2.24) is 19.8 Å². The molecule has 0 bridgehead atoms. The van der Waals surface area contributed by atoms with Crippen LogP contribution in [0.3, 0.4) is 0 Å². The maximum Gasteiger partial charge on any atom is 0.328 e. The molecule has 11 heteroatoms. The predicted molar refractivity (Wildman–Crippen MR) is 118 cm³/mol. The summed E-state index contributed by atoms with van der Waals surface area (Å²) in [7, 11) is -3.82. The minimum atomic E-state index is -3.82. The van der Waals surface area contributed by atoms with Gasteiger partial charge in [0.05, 0.1) is 25.8 Å². The third kappa shape index (κ3) is 4.50. The zero-order valence-corrected chi connectivity index (χ0v) is 19.3. The standard InChI is InChI=1S/C22H26N4O6S/c1-22(20(27)23-29,33(2,30)31)7-8-24-13-18-9-16(12-26(18)21(24)28)5-3-4-6-17-10-25(11-17)19-14-32-15-19/h9,12,17,19,29H,7-8,10-11,13-15H2,1-2H3,(H,23,27). The molecule has 2 fully saturated rings. The SMILES string of the molecule is CC(CCN1Cc2cc(C#CC#CC3CN(C4COC4)C3)cn2C1=O)(C(=O)NO)S(C)(=O)=O. The number of nitrogens with one attached hydrogen (secondary N) is 1. The lowest BCUT2D eigenvalue weighted by atomic mass is 9.97. The molecule has 10 nitrogen and oxygen atoms in total. The van der Waals surface area contributed by atoms with E-state index in [0.717, 1.165) is 38.3 Å². The number of rotatable bonds is 6. The molecule has 2 N–H and O–H groups in total. The highest BCUT2D eigenvalue weighted by Crippen LogP contribution is 2.25. The van der Waals surface area contributed by atoms with Gasteiger partial charge in [-0.15, -0.1) is 0 Å². The fourth-order valence-corrected chi connectivity index (χ4v) is 4.82. The van der Waals surface area contributed by atoms with Crippen molar-refractivity contribution < 1.29 is 28.0 Å². The van der Waals surface area contributed by atoms with Crippen molar-refractivity contribution in [2.45, 2.75) is 30.7 Å². The fraction of sp³-hybridized carbons (Fsp3) is 0.545. The van der Waals surface area contributed by atoms with E-state index in [2.05, 4.69) is 28.6 Å². The molecule has 0 aliphatic carbocycles. The number of hydrogen-bond acceptors (Lipinski definition) is 7. The molecule has 4 rings (SSSR count). The van der Waals surface area contributed by atoms with E-state index in [1.807, 2.05) is 0 Å². The maximum atomic E-state index is 12.7. The van der Waals surface area contributed by atoms with Crippen LogP contribution in [0.25, 0.3) is 0 Å². The predicted octanol–water partition coefficient (Wildman–Crippen LogP) is -0.344.